The molecule has 0 fully saturated rings. The van der Waals surface area contributed by atoms with Crippen LogP contribution in [0.15, 0.2) is 64.6 Å². The second kappa shape index (κ2) is 7.19. The van der Waals surface area contributed by atoms with Crippen LogP contribution in [0.5, 0.6) is 5.75 Å². The number of aromatic nitrogens is 2. The Morgan fingerprint density at radius 1 is 1.12 bits per heavy atom. The minimum Gasteiger partial charge on any atom is -0.508 e. The maximum atomic E-state index is 13.6. The van der Waals surface area contributed by atoms with E-state index in [-0.39, 0.29) is 40.2 Å². The van der Waals surface area contributed by atoms with Crippen molar-refractivity contribution in [1.82, 2.24) is 9.78 Å². The number of benzene rings is 2. The van der Waals surface area contributed by atoms with Crippen molar-refractivity contribution in [2.45, 2.75) is 32.6 Å². The first-order chi connectivity index (χ1) is 15.7. The molecule has 33 heavy (non-hydrogen) atoms. The summed E-state index contributed by atoms with van der Waals surface area (Å²) in [4.78, 5) is 37.8. The van der Waals surface area contributed by atoms with Crippen molar-refractivity contribution in [2.24, 2.45) is 5.41 Å². The number of Topliss-reactive ketones (excluding diaryl/α,β-unsaturated/α-hetero) is 1. The largest absolute Gasteiger partial charge is 0.508 e. The Labute approximate surface area is 188 Å². The number of carbonyl (C=O) groups is 1. The molecule has 0 saturated heterocycles. The fourth-order valence-corrected chi connectivity index (χ4v) is 4.85. The average molecular weight is 446 g/mol. The molecule has 1 atom stereocenters. The number of carbonyl (C=O) groups excluding carboxylic acids is 1. The van der Waals surface area contributed by atoms with Gasteiger partial charge in [-0.1, -0.05) is 32.0 Å². The number of nitrogens with one attached hydrogen (secondary N) is 2. The molecule has 3 aromatic rings. The normalized spacial score (nSPS) is 19.0. The number of aromatic amines is 1. The number of hydrogen-bond acceptors (Lipinski definition) is 6. The minimum atomic E-state index is -0.937. The number of H-pyrrole nitrogens is 1. The summed E-state index contributed by atoms with van der Waals surface area (Å²) in [6, 6.07) is 12.6. The van der Waals surface area contributed by atoms with E-state index in [0.717, 1.165) is 0 Å². The summed E-state index contributed by atoms with van der Waals surface area (Å²) in [5.41, 5.74) is 1.10. The molecule has 2 aliphatic rings. The van der Waals surface area contributed by atoms with Crippen LogP contribution < -0.4 is 10.9 Å². The molecule has 168 valence electrons. The maximum Gasteiger partial charge on any atom is 0.277 e. The molecule has 0 bridgehead atoms. The molecule has 0 spiro atoms. The number of nitrogens with zero attached hydrogens (tertiary/aromatic N) is 2. The molecule has 0 radical (unpaired) electrons. The Morgan fingerprint density at radius 3 is 2.55 bits per heavy atom. The lowest BCUT2D eigenvalue weighted by atomic mass is 9.69. The lowest BCUT2D eigenvalue weighted by Gasteiger charge is -2.37. The molecule has 9 nitrogen and oxygen atoms in total. The van der Waals surface area contributed by atoms with Crippen LogP contribution in [-0.4, -0.2) is 25.6 Å². The Bertz CT molecular complexity index is 1400. The lowest BCUT2D eigenvalue weighted by molar-refractivity contribution is -0.384. The Kier molecular flexibility index (Phi) is 4.52. The number of hydrogen-bond donors (Lipinski definition) is 3. The zero-order valence-electron chi connectivity index (χ0n) is 18.1. The van der Waals surface area contributed by atoms with E-state index in [4.69, 9.17) is 0 Å². The summed E-state index contributed by atoms with van der Waals surface area (Å²) in [7, 11) is 0. The topological polar surface area (TPSA) is 130 Å². The van der Waals surface area contributed by atoms with Crippen molar-refractivity contribution < 1.29 is 14.8 Å². The van der Waals surface area contributed by atoms with Crippen molar-refractivity contribution in [3.63, 3.8) is 0 Å². The highest BCUT2D eigenvalue weighted by atomic mass is 16.6. The van der Waals surface area contributed by atoms with E-state index in [1.165, 1.54) is 22.9 Å². The van der Waals surface area contributed by atoms with Crippen LogP contribution >= 0.6 is 0 Å². The molecular formula is C24H22N4O5. The van der Waals surface area contributed by atoms with Gasteiger partial charge in [0.05, 0.1) is 22.1 Å². The lowest BCUT2D eigenvalue weighted by Crippen LogP contribution is -2.35. The molecule has 5 rings (SSSR count). The molecule has 9 heteroatoms. The number of aromatic hydroxyl groups is 1. The quantitative estimate of drug-likeness (QED) is 0.412. The number of rotatable bonds is 3. The zero-order chi connectivity index (χ0) is 23.5. The third-order valence-corrected chi connectivity index (χ3v) is 6.25. The average Bonchev–Trinajstić information content (AvgIpc) is 3.08. The number of non-ortho nitro benzene ring substituents is 1. The number of phenolic OH excluding ortho intramolecular Hbond substituents is 1. The van der Waals surface area contributed by atoms with Crippen molar-refractivity contribution in [3.8, 4) is 11.4 Å². The van der Waals surface area contributed by atoms with Crippen LogP contribution in [-0.2, 0) is 4.79 Å². The number of phenols is 1. The number of ketones is 1. The van der Waals surface area contributed by atoms with E-state index >= 15 is 0 Å². The van der Waals surface area contributed by atoms with Crippen LogP contribution in [0, 0.1) is 15.5 Å². The Balaban J connectivity index is 1.79. The fourth-order valence-electron chi connectivity index (χ4n) is 4.85. The van der Waals surface area contributed by atoms with Crippen LogP contribution in [0.3, 0.4) is 0 Å². The van der Waals surface area contributed by atoms with Gasteiger partial charge in [0.1, 0.15) is 11.6 Å². The number of anilines is 1. The first-order valence-corrected chi connectivity index (χ1v) is 10.6. The summed E-state index contributed by atoms with van der Waals surface area (Å²) < 4.78 is 1.37. The smallest absolute Gasteiger partial charge is 0.277 e. The molecule has 0 saturated carbocycles. The first kappa shape index (κ1) is 20.7. The summed E-state index contributed by atoms with van der Waals surface area (Å²) in [6.45, 7) is 3.98. The third-order valence-electron chi connectivity index (χ3n) is 6.25. The van der Waals surface area contributed by atoms with Gasteiger partial charge in [0.2, 0.25) is 0 Å². The van der Waals surface area contributed by atoms with E-state index < -0.39 is 16.4 Å². The van der Waals surface area contributed by atoms with Gasteiger partial charge in [-0.05, 0) is 30.0 Å². The Hall–Kier alpha value is -4.14. The van der Waals surface area contributed by atoms with Gasteiger partial charge in [-0.2, -0.15) is 0 Å². The fraction of sp³-hybridized carbons (Fsp3) is 0.250. The van der Waals surface area contributed by atoms with Crippen LogP contribution in [0.2, 0.25) is 0 Å². The van der Waals surface area contributed by atoms with Gasteiger partial charge in [-0.15, -0.1) is 0 Å². The summed E-state index contributed by atoms with van der Waals surface area (Å²) in [6.07, 6.45) is 0.824. The van der Waals surface area contributed by atoms with Gasteiger partial charge in [-0.3, -0.25) is 24.8 Å². The predicted molar refractivity (Wildman–Crippen MR) is 122 cm³/mol. The van der Waals surface area contributed by atoms with Crippen molar-refractivity contribution >= 4 is 17.3 Å². The molecule has 1 unspecified atom stereocenters. The van der Waals surface area contributed by atoms with Crippen LogP contribution in [0.4, 0.5) is 11.5 Å². The first-order valence-electron chi connectivity index (χ1n) is 10.6. The van der Waals surface area contributed by atoms with Gasteiger partial charge in [0, 0.05) is 35.4 Å². The second-order valence-corrected chi connectivity index (χ2v) is 9.27. The molecule has 1 aliphatic carbocycles. The van der Waals surface area contributed by atoms with E-state index in [9.17, 15) is 24.8 Å². The minimum absolute atomic E-state index is 0.151. The molecule has 1 aromatic heterocycles. The summed E-state index contributed by atoms with van der Waals surface area (Å²) in [5, 5.41) is 28.5. The van der Waals surface area contributed by atoms with Gasteiger partial charge >= 0.3 is 0 Å². The van der Waals surface area contributed by atoms with E-state index in [0.29, 0.717) is 29.2 Å². The molecule has 3 N–H and O–H groups in total. The second-order valence-electron chi connectivity index (χ2n) is 9.27. The molecule has 2 aromatic carbocycles. The molecule has 2 heterocycles. The highest BCUT2D eigenvalue weighted by molar-refractivity contribution is 6.01. The van der Waals surface area contributed by atoms with E-state index in [2.05, 4.69) is 10.4 Å². The highest BCUT2D eigenvalue weighted by Gasteiger charge is 2.44. The SMILES string of the molecule is CC1(C)CC(=O)C2=C(C1)Nc1[nH]n(-c3ccccc3)c(=O)c1C2c1cc([N+](=O)[O-])ccc1O. The van der Waals surface area contributed by atoms with Crippen molar-refractivity contribution in [3.05, 3.63) is 91.4 Å². The van der Waals surface area contributed by atoms with Crippen molar-refractivity contribution in [2.75, 3.05) is 5.32 Å². The standard InChI is InChI=1S/C24H22N4O5/c1-24(2)11-16-20(18(30)12-24)19(15-10-14(28(32)33)8-9-17(15)29)21-22(25-16)26-27(23(21)31)13-6-4-3-5-7-13/h3-10,19,25-26,29H,11-12H2,1-2H3. The monoisotopic (exact) mass is 446 g/mol. The number of nitro groups is 1. The number of fused-ring (bicyclic) bond motifs is 1. The van der Waals surface area contributed by atoms with E-state index in [1.807, 2.05) is 19.9 Å². The van der Waals surface area contributed by atoms with E-state index in [1.54, 1.807) is 24.3 Å². The molecule has 1 aliphatic heterocycles. The van der Waals surface area contributed by atoms with Gasteiger partial charge < -0.3 is 10.4 Å². The highest BCUT2D eigenvalue weighted by Crippen LogP contribution is 2.49. The maximum absolute atomic E-state index is 13.6. The number of para-hydroxylation sites is 1. The Morgan fingerprint density at radius 2 is 1.85 bits per heavy atom. The predicted octanol–water partition coefficient (Wildman–Crippen LogP) is 3.98. The molecular weight excluding hydrogens is 424 g/mol. The van der Waals surface area contributed by atoms with Gasteiger partial charge in [0.15, 0.2) is 5.78 Å². The zero-order valence-corrected chi connectivity index (χ0v) is 18.1. The summed E-state index contributed by atoms with van der Waals surface area (Å²) in [5.74, 6) is -0.894. The van der Waals surface area contributed by atoms with Crippen molar-refractivity contribution in [1.29, 1.82) is 0 Å². The van der Waals surface area contributed by atoms with Gasteiger partial charge in [0.25, 0.3) is 11.2 Å². The third kappa shape index (κ3) is 3.32. The molecule has 0 amide bonds. The van der Waals surface area contributed by atoms with Crippen LogP contribution in [0.25, 0.3) is 5.69 Å². The number of allylic oxidation sites excluding steroid dienone is 2. The van der Waals surface area contributed by atoms with Crippen LogP contribution in [0.1, 0.15) is 43.7 Å². The summed E-state index contributed by atoms with van der Waals surface area (Å²) >= 11 is 0. The number of nitro benzene ring substituents is 1. The van der Waals surface area contributed by atoms with Gasteiger partial charge in [-0.25, -0.2) is 4.68 Å².